The molecule has 1 aliphatic heterocycles. The van der Waals surface area contributed by atoms with Gasteiger partial charge in [-0.3, -0.25) is 9.59 Å². The van der Waals surface area contributed by atoms with E-state index < -0.39 is 0 Å². The summed E-state index contributed by atoms with van der Waals surface area (Å²) < 4.78 is 0. The molecule has 1 heterocycles. The summed E-state index contributed by atoms with van der Waals surface area (Å²) in [6.45, 7) is 1.64. The number of amides is 2. The van der Waals surface area contributed by atoms with Gasteiger partial charge in [0.15, 0.2) is 0 Å². The van der Waals surface area contributed by atoms with Crippen LogP contribution in [-0.4, -0.2) is 36.3 Å². The average molecular weight is 295 g/mol. The van der Waals surface area contributed by atoms with Crippen molar-refractivity contribution in [3.63, 3.8) is 0 Å². The van der Waals surface area contributed by atoms with Crippen LogP contribution in [0.1, 0.15) is 36.0 Å². The Hall–Kier alpha value is -1.55. The highest BCUT2D eigenvalue weighted by Gasteiger charge is 2.16. The second kappa shape index (κ2) is 7.29. The molecule has 1 aliphatic rings. The Balaban J connectivity index is 1.84. The highest BCUT2D eigenvalue weighted by Crippen LogP contribution is 2.11. The number of halogens is 1. The van der Waals surface area contributed by atoms with Gasteiger partial charge in [0.2, 0.25) is 5.91 Å². The van der Waals surface area contributed by atoms with E-state index in [0.29, 0.717) is 10.6 Å². The van der Waals surface area contributed by atoms with Crippen molar-refractivity contribution in [1.82, 2.24) is 10.2 Å². The van der Waals surface area contributed by atoms with E-state index in [1.165, 1.54) is 12.8 Å². The van der Waals surface area contributed by atoms with E-state index in [1.54, 1.807) is 24.3 Å². The Bertz CT molecular complexity index is 483. The fourth-order valence-corrected chi connectivity index (χ4v) is 2.51. The molecular formula is C15H19ClN2O2. The summed E-state index contributed by atoms with van der Waals surface area (Å²) in [5, 5.41) is 3.17. The van der Waals surface area contributed by atoms with Crippen molar-refractivity contribution in [2.24, 2.45) is 0 Å². The molecule has 20 heavy (non-hydrogen) atoms. The van der Waals surface area contributed by atoms with Crippen molar-refractivity contribution in [3.05, 3.63) is 34.9 Å². The minimum absolute atomic E-state index is 0.0118. The molecule has 0 bridgehead atoms. The third kappa shape index (κ3) is 4.23. The first-order valence-corrected chi connectivity index (χ1v) is 7.36. The zero-order chi connectivity index (χ0) is 14.4. The van der Waals surface area contributed by atoms with Crippen LogP contribution in [0.2, 0.25) is 5.02 Å². The van der Waals surface area contributed by atoms with Crippen molar-refractivity contribution in [2.75, 3.05) is 19.6 Å². The van der Waals surface area contributed by atoms with Crippen LogP contribution in [0.25, 0.3) is 0 Å². The first kappa shape index (κ1) is 14.9. The molecule has 108 valence electrons. The third-order valence-electron chi connectivity index (χ3n) is 3.45. The van der Waals surface area contributed by atoms with E-state index >= 15 is 0 Å². The molecule has 1 aromatic carbocycles. The monoisotopic (exact) mass is 294 g/mol. The van der Waals surface area contributed by atoms with Crippen molar-refractivity contribution in [2.45, 2.75) is 25.7 Å². The molecule has 0 radical (unpaired) electrons. The van der Waals surface area contributed by atoms with Crippen LogP contribution >= 0.6 is 11.6 Å². The Morgan fingerprint density at radius 2 is 1.85 bits per heavy atom. The molecular weight excluding hydrogens is 276 g/mol. The molecule has 2 rings (SSSR count). The molecule has 0 aliphatic carbocycles. The fraction of sp³-hybridized carbons (Fsp3) is 0.467. The van der Waals surface area contributed by atoms with Crippen molar-refractivity contribution >= 4 is 23.4 Å². The summed E-state index contributed by atoms with van der Waals surface area (Å²) in [6, 6.07) is 6.69. The molecule has 0 atom stereocenters. The van der Waals surface area contributed by atoms with E-state index in [4.69, 9.17) is 11.6 Å². The van der Waals surface area contributed by atoms with E-state index in [-0.39, 0.29) is 18.4 Å². The van der Waals surface area contributed by atoms with Gasteiger partial charge in [0.1, 0.15) is 0 Å². The van der Waals surface area contributed by atoms with Gasteiger partial charge in [-0.25, -0.2) is 0 Å². The third-order valence-corrected chi connectivity index (χ3v) is 3.68. The summed E-state index contributed by atoms with van der Waals surface area (Å²) in [4.78, 5) is 25.8. The molecule has 0 spiro atoms. The van der Waals surface area contributed by atoms with Gasteiger partial charge in [0.05, 0.1) is 6.54 Å². The standard InChI is InChI=1S/C15H19ClN2O2/c16-13-7-5-6-12(10-13)15(20)17-11-14(19)18-8-3-1-2-4-9-18/h5-7,10H,1-4,8-9,11H2,(H,17,20). The molecule has 1 N–H and O–H groups in total. The van der Waals surface area contributed by atoms with Gasteiger partial charge in [0.25, 0.3) is 5.91 Å². The lowest BCUT2D eigenvalue weighted by atomic mass is 10.2. The quantitative estimate of drug-likeness (QED) is 0.931. The summed E-state index contributed by atoms with van der Waals surface area (Å²) in [6.07, 6.45) is 4.46. The van der Waals surface area contributed by atoms with Crippen LogP contribution < -0.4 is 5.32 Å². The summed E-state index contributed by atoms with van der Waals surface area (Å²) in [5.74, 6) is -0.280. The Kier molecular flexibility index (Phi) is 5.41. The second-order valence-electron chi connectivity index (χ2n) is 4.99. The fourth-order valence-electron chi connectivity index (χ4n) is 2.32. The Morgan fingerprint density at radius 3 is 2.50 bits per heavy atom. The number of rotatable bonds is 3. The van der Waals surface area contributed by atoms with Crippen LogP contribution in [0.4, 0.5) is 0 Å². The smallest absolute Gasteiger partial charge is 0.251 e. The maximum atomic E-state index is 12.0. The minimum Gasteiger partial charge on any atom is -0.343 e. The average Bonchev–Trinajstić information content (AvgIpc) is 2.73. The number of nitrogens with one attached hydrogen (secondary N) is 1. The normalized spacial score (nSPS) is 15.6. The van der Waals surface area contributed by atoms with Gasteiger partial charge < -0.3 is 10.2 Å². The molecule has 1 aromatic rings. The number of carbonyl (C=O) groups excluding carboxylic acids is 2. The topological polar surface area (TPSA) is 49.4 Å². The number of likely N-dealkylation sites (tertiary alicyclic amines) is 1. The lowest BCUT2D eigenvalue weighted by Crippen LogP contribution is -2.40. The van der Waals surface area contributed by atoms with Crippen LogP contribution in [0.15, 0.2) is 24.3 Å². The molecule has 1 saturated heterocycles. The molecule has 1 fully saturated rings. The highest BCUT2D eigenvalue weighted by molar-refractivity contribution is 6.30. The summed E-state index contributed by atoms with van der Waals surface area (Å²) in [5.41, 5.74) is 0.473. The first-order chi connectivity index (χ1) is 9.66. The SMILES string of the molecule is O=C(NCC(=O)N1CCCCCC1)c1cccc(Cl)c1. The molecule has 5 heteroatoms. The van der Waals surface area contributed by atoms with Crippen molar-refractivity contribution in [3.8, 4) is 0 Å². The molecule has 0 aromatic heterocycles. The predicted octanol–water partition coefficient (Wildman–Crippen LogP) is 2.47. The Morgan fingerprint density at radius 1 is 1.15 bits per heavy atom. The molecule has 0 saturated carbocycles. The van der Waals surface area contributed by atoms with E-state index in [0.717, 1.165) is 25.9 Å². The van der Waals surface area contributed by atoms with E-state index in [1.807, 2.05) is 4.90 Å². The number of hydrogen-bond acceptors (Lipinski definition) is 2. The zero-order valence-electron chi connectivity index (χ0n) is 11.4. The molecule has 0 unspecified atom stereocenters. The highest BCUT2D eigenvalue weighted by atomic mass is 35.5. The van der Waals surface area contributed by atoms with Crippen LogP contribution in [0.3, 0.4) is 0 Å². The zero-order valence-corrected chi connectivity index (χ0v) is 12.2. The van der Waals surface area contributed by atoms with Crippen molar-refractivity contribution < 1.29 is 9.59 Å². The number of hydrogen-bond donors (Lipinski definition) is 1. The number of nitrogens with zero attached hydrogens (tertiary/aromatic N) is 1. The van der Waals surface area contributed by atoms with Gasteiger partial charge in [-0.05, 0) is 31.0 Å². The first-order valence-electron chi connectivity index (χ1n) is 6.98. The van der Waals surface area contributed by atoms with E-state index in [2.05, 4.69) is 5.32 Å². The summed E-state index contributed by atoms with van der Waals surface area (Å²) in [7, 11) is 0. The van der Waals surface area contributed by atoms with Crippen LogP contribution in [0.5, 0.6) is 0 Å². The lowest BCUT2D eigenvalue weighted by Gasteiger charge is -2.20. The second-order valence-corrected chi connectivity index (χ2v) is 5.42. The Labute approximate surface area is 124 Å². The van der Waals surface area contributed by atoms with Gasteiger partial charge in [-0.15, -0.1) is 0 Å². The van der Waals surface area contributed by atoms with Crippen LogP contribution in [-0.2, 0) is 4.79 Å². The van der Waals surface area contributed by atoms with Crippen molar-refractivity contribution in [1.29, 1.82) is 0 Å². The molecule has 2 amide bonds. The van der Waals surface area contributed by atoms with Gasteiger partial charge in [0, 0.05) is 23.7 Å². The number of carbonyl (C=O) groups is 2. The largest absolute Gasteiger partial charge is 0.343 e. The van der Waals surface area contributed by atoms with Crippen LogP contribution in [0, 0.1) is 0 Å². The number of benzene rings is 1. The maximum absolute atomic E-state index is 12.0. The van der Waals surface area contributed by atoms with Gasteiger partial charge in [-0.1, -0.05) is 30.5 Å². The predicted molar refractivity (Wildman–Crippen MR) is 78.8 cm³/mol. The van der Waals surface area contributed by atoms with Gasteiger partial charge >= 0.3 is 0 Å². The lowest BCUT2D eigenvalue weighted by molar-refractivity contribution is -0.130. The minimum atomic E-state index is -0.268. The molecule has 4 nitrogen and oxygen atoms in total. The maximum Gasteiger partial charge on any atom is 0.251 e. The summed E-state index contributed by atoms with van der Waals surface area (Å²) >= 11 is 5.84. The van der Waals surface area contributed by atoms with Gasteiger partial charge in [-0.2, -0.15) is 0 Å². The van der Waals surface area contributed by atoms with E-state index in [9.17, 15) is 9.59 Å².